The third kappa shape index (κ3) is 4.65. The van der Waals surface area contributed by atoms with E-state index in [0.717, 1.165) is 44.3 Å². The van der Waals surface area contributed by atoms with Crippen LogP contribution in [-0.2, 0) is 30.6 Å². The van der Waals surface area contributed by atoms with Gasteiger partial charge < -0.3 is 4.90 Å². The molecule has 5 heteroatoms. The van der Waals surface area contributed by atoms with Gasteiger partial charge in [0.15, 0.2) is 0 Å². The number of aromatic nitrogens is 1. The van der Waals surface area contributed by atoms with E-state index in [2.05, 4.69) is 45.0 Å². The average Bonchev–Trinajstić information content (AvgIpc) is 2.81. The van der Waals surface area contributed by atoms with E-state index in [1.165, 1.54) is 28.5 Å². The van der Waals surface area contributed by atoms with Gasteiger partial charge in [-0.3, -0.25) is 4.79 Å². The zero-order valence-corrected chi connectivity index (χ0v) is 19.6. The van der Waals surface area contributed by atoms with E-state index in [0.29, 0.717) is 34.2 Å². The lowest BCUT2D eigenvalue weighted by Gasteiger charge is -2.37. The molecular formula is C26H31N3OS. The predicted octanol–water partition coefficient (Wildman–Crippen LogP) is 5.17. The highest BCUT2D eigenvalue weighted by atomic mass is 32.2. The van der Waals surface area contributed by atoms with Crippen LogP contribution in [0.2, 0.25) is 0 Å². The monoisotopic (exact) mass is 433 g/mol. The molecule has 31 heavy (non-hydrogen) atoms. The van der Waals surface area contributed by atoms with Gasteiger partial charge in [0.1, 0.15) is 11.1 Å². The maximum absolute atomic E-state index is 12.9. The van der Waals surface area contributed by atoms with Gasteiger partial charge in [-0.05, 0) is 59.8 Å². The van der Waals surface area contributed by atoms with Gasteiger partial charge in [-0.1, -0.05) is 63.2 Å². The minimum absolute atomic E-state index is 0.118. The minimum atomic E-state index is 0.118. The van der Waals surface area contributed by atoms with E-state index in [-0.39, 0.29) is 5.91 Å². The van der Waals surface area contributed by atoms with Crippen LogP contribution in [0.15, 0.2) is 35.4 Å². The number of hydrogen-bond acceptors (Lipinski definition) is 4. The largest absolute Gasteiger partial charge is 0.337 e. The number of pyridine rings is 1. The van der Waals surface area contributed by atoms with Crippen molar-refractivity contribution in [3.63, 3.8) is 0 Å². The topological polar surface area (TPSA) is 57.0 Å². The number of thioether (sulfide) groups is 1. The molecule has 1 aromatic heterocycles. The average molecular weight is 434 g/mol. The van der Waals surface area contributed by atoms with E-state index >= 15 is 0 Å². The molecule has 0 bridgehead atoms. The molecule has 2 aliphatic rings. The van der Waals surface area contributed by atoms with Crippen molar-refractivity contribution < 1.29 is 4.79 Å². The van der Waals surface area contributed by atoms with Crippen molar-refractivity contribution >= 4 is 17.7 Å². The lowest BCUT2D eigenvalue weighted by molar-refractivity contribution is -0.129. The zero-order chi connectivity index (χ0) is 22.0. The Labute approximate surface area is 190 Å². The molecule has 1 aliphatic carbocycles. The Balaban J connectivity index is 1.44. The first-order valence-electron chi connectivity index (χ1n) is 11.3. The maximum Gasteiger partial charge on any atom is 0.233 e. The zero-order valence-electron chi connectivity index (χ0n) is 18.8. The van der Waals surface area contributed by atoms with Gasteiger partial charge in [0.2, 0.25) is 5.91 Å². The molecule has 1 aliphatic heterocycles. The summed E-state index contributed by atoms with van der Waals surface area (Å²) in [5.74, 6) is 1.07. The summed E-state index contributed by atoms with van der Waals surface area (Å²) in [6, 6.07) is 12.7. The van der Waals surface area contributed by atoms with Gasteiger partial charge in [-0.25, -0.2) is 4.98 Å². The number of aryl methyl sites for hydroxylation is 1. The van der Waals surface area contributed by atoms with E-state index in [9.17, 15) is 10.1 Å². The molecule has 1 amide bonds. The van der Waals surface area contributed by atoms with Crippen LogP contribution in [0, 0.1) is 22.7 Å². The van der Waals surface area contributed by atoms with Crippen LogP contribution < -0.4 is 0 Å². The van der Waals surface area contributed by atoms with E-state index in [1.54, 1.807) is 0 Å². The highest BCUT2D eigenvalue weighted by Gasteiger charge is 2.32. The van der Waals surface area contributed by atoms with Gasteiger partial charge in [0, 0.05) is 18.8 Å². The minimum Gasteiger partial charge on any atom is -0.337 e. The highest BCUT2D eigenvalue weighted by Crippen LogP contribution is 2.40. The van der Waals surface area contributed by atoms with Crippen LogP contribution in [-0.4, -0.2) is 28.1 Å². The molecule has 0 spiro atoms. The summed E-state index contributed by atoms with van der Waals surface area (Å²) in [5, 5.41) is 10.4. The van der Waals surface area contributed by atoms with E-state index in [1.807, 2.05) is 17.0 Å². The Morgan fingerprint density at radius 3 is 2.77 bits per heavy atom. The molecule has 4 rings (SSSR count). The third-order valence-electron chi connectivity index (χ3n) is 7.30. The second-order valence-corrected chi connectivity index (χ2v) is 10.4. The molecule has 1 aromatic carbocycles. The summed E-state index contributed by atoms with van der Waals surface area (Å²) < 4.78 is 0. The van der Waals surface area contributed by atoms with Crippen molar-refractivity contribution in [2.45, 2.75) is 64.4 Å². The van der Waals surface area contributed by atoms with E-state index < -0.39 is 0 Å². The second kappa shape index (κ2) is 9.04. The Kier molecular flexibility index (Phi) is 6.39. The number of rotatable bonds is 5. The van der Waals surface area contributed by atoms with Gasteiger partial charge in [0.25, 0.3) is 0 Å². The van der Waals surface area contributed by atoms with Gasteiger partial charge in [-0.2, -0.15) is 5.26 Å². The number of amides is 1. The first-order chi connectivity index (χ1) is 14.9. The van der Waals surface area contributed by atoms with Crippen molar-refractivity contribution in [3.8, 4) is 6.07 Å². The molecule has 4 nitrogen and oxygen atoms in total. The molecule has 0 radical (unpaired) electrons. The van der Waals surface area contributed by atoms with Crippen LogP contribution in [0.1, 0.15) is 61.6 Å². The van der Waals surface area contributed by atoms with Crippen LogP contribution in [0.3, 0.4) is 0 Å². The lowest BCUT2D eigenvalue weighted by atomic mass is 9.69. The van der Waals surface area contributed by atoms with Gasteiger partial charge in [0.05, 0.1) is 11.3 Å². The van der Waals surface area contributed by atoms with Crippen LogP contribution in [0.25, 0.3) is 0 Å². The molecule has 0 unspecified atom stereocenters. The summed E-state index contributed by atoms with van der Waals surface area (Å²) in [6.07, 6.45) is 5.16. The number of nitrogens with zero attached hydrogens (tertiary/aromatic N) is 3. The first-order valence-corrected chi connectivity index (χ1v) is 12.3. The van der Waals surface area contributed by atoms with Crippen molar-refractivity contribution in [3.05, 3.63) is 58.3 Å². The fourth-order valence-electron chi connectivity index (χ4n) is 4.72. The SMILES string of the molecule is CCC(C)(C)[C@@H]1CCc2nc(SCC(=O)N3CCc4ccccc4C3)c(C#N)cc2C1. The summed E-state index contributed by atoms with van der Waals surface area (Å²) in [7, 11) is 0. The summed E-state index contributed by atoms with van der Waals surface area (Å²) in [5.41, 5.74) is 5.82. The van der Waals surface area contributed by atoms with Crippen LogP contribution in [0.4, 0.5) is 0 Å². The standard InChI is InChI=1S/C26H31N3OS/c1-4-26(2,3)22-9-10-23-20(14-22)13-21(15-27)25(28-23)31-17-24(30)29-12-11-18-7-5-6-8-19(18)16-29/h5-8,13,22H,4,9-12,14,16-17H2,1-3H3/t22-/m1/s1. The number of fused-ring (bicyclic) bond motifs is 2. The normalized spacial score (nSPS) is 18.1. The van der Waals surface area contributed by atoms with Crippen molar-refractivity contribution in [1.29, 1.82) is 5.26 Å². The predicted molar refractivity (Wildman–Crippen MR) is 125 cm³/mol. The quantitative estimate of drug-likeness (QED) is 0.610. The molecular weight excluding hydrogens is 402 g/mol. The summed E-state index contributed by atoms with van der Waals surface area (Å²) in [6.45, 7) is 8.37. The molecule has 0 saturated heterocycles. The molecule has 0 saturated carbocycles. The second-order valence-electron chi connectivity index (χ2n) is 9.46. The molecule has 0 N–H and O–H groups in total. The molecule has 2 heterocycles. The number of nitriles is 1. The number of carbonyl (C=O) groups excluding carboxylic acids is 1. The Hall–Kier alpha value is -2.32. The maximum atomic E-state index is 12.9. The highest BCUT2D eigenvalue weighted by molar-refractivity contribution is 8.00. The van der Waals surface area contributed by atoms with Gasteiger partial charge in [-0.15, -0.1) is 0 Å². The Morgan fingerprint density at radius 1 is 1.26 bits per heavy atom. The van der Waals surface area contributed by atoms with Crippen molar-refractivity contribution in [2.24, 2.45) is 11.3 Å². The number of carbonyl (C=O) groups is 1. The lowest BCUT2D eigenvalue weighted by Crippen LogP contribution is -2.37. The van der Waals surface area contributed by atoms with Crippen LogP contribution >= 0.6 is 11.8 Å². The number of benzene rings is 1. The van der Waals surface area contributed by atoms with Crippen molar-refractivity contribution in [1.82, 2.24) is 9.88 Å². The fraction of sp³-hybridized carbons (Fsp3) is 0.500. The third-order valence-corrected chi connectivity index (χ3v) is 8.28. The molecule has 162 valence electrons. The fourth-order valence-corrected chi connectivity index (χ4v) is 5.60. The van der Waals surface area contributed by atoms with Gasteiger partial charge >= 0.3 is 0 Å². The molecule has 2 aromatic rings. The van der Waals surface area contributed by atoms with Crippen LogP contribution in [0.5, 0.6) is 0 Å². The first kappa shape index (κ1) is 21.9. The Bertz CT molecular complexity index is 1020. The summed E-state index contributed by atoms with van der Waals surface area (Å²) >= 11 is 1.41. The smallest absolute Gasteiger partial charge is 0.233 e. The van der Waals surface area contributed by atoms with Crippen molar-refractivity contribution in [2.75, 3.05) is 12.3 Å². The summed E-state index contributed by atoms with van der Waals surface area (Å²) in [4.78, 5) is 19.6. The Morgan fingerprint density at radius 2 is 2.03 bits per heavy atom. The molecule has 0 fully saturated rings. The number of hydrogen-bond donors (Lipinski definition) is 0. The molecule has 1 atom stereocenters. The van der Waals surface area contributed by atoms with E-state index in [4.69, 9.17) is 4.98 Å².